The molecule has 2 fully saturated rings. The van der Waals surface area contributed by atoms with Crippen LogP contribution in [0.3, 0.4) is 0 Å². The van der Waals surface area contributed by atoms with Gasteiger partial charge >= 0.3 is 5.97 Å². The maximum atomic E-state index is 15.1. The first-order chi connectivity index (χ1) is 24.1. The van der Waals surface area contributed by atoms with Gasteiger partial charge in [-0.3, -0.25) is 28.9 Å². The lowest BCUT2D eigenvalue weighted by atomic mass is 9.44. The van der Waals surface area contributed by atoms with E-state index in [1.165, 1.54) is 25.2 Å². The second kappa shape index (κ2) is 12.7. The molecular weight excluding hydrogens is 638 g/mol. The van der Waals surface area contributed by atoms with Crippen molar-refractivity contribution in [2.45, 2.75) is 37.0 Å². The highest BCUT2D eigenvalue weighted by Crippen LogP contribution is 2.64. The number of likely N-dealkylation sites (tertiary alicyclic amines) is 1. The molecule has 256 valence electrons. The van der Waals surface area contributed by atoms with Crippen LogP contribution < -0.4 is 9.47 Å². The molecule has 4 aliphatic rings. The number of phenolic OH excluding ortho intramolecular Hbond substituents is 1. The molecule has 1 aliphatic heterocycles. The fourth-order valence-electron chi connectivity index (χ4n) is 9.00. The zero-order chi connectivity index (χ0) is 35.3. The van der Waals surface area contributed by atoms with E-state index in [4.69, 9.17) is 9.47 Å². The van der Waals surface area contributed by atoms with Crippen molar-refractivity contribution in [2.75, 3.05) is 20.8 Å². The molecule has 3 aromatic rings. The summed E-state index contributed by atoms with van der Waals surface area (Å²) in [6.07, 6.45) is 3.72. The lowest BCUT2D eigenvalue weighted by molar-refractivity contribution is -0.142. The molecule has 10 nitrogen and oxygen atoms in total. The van der Waals surface area contributed by atoms with Crippen molar-refractivity contribution < 1.29 is 43.7 Å². The minimum absolute atomic E-state index is 0.00943. The number of rotatable bonds is 9. The van der Waals surface area contributed by atoms with E-state index in [2.05, 4.69) is 0 Å². The monoisotopic (exact) mass is 675 g/mol. The Balaban J connectivity index is 1.47. The van der Waals surface area contributed by atoms with Gasteiger partial charge in [0.15, 0.2) is 23.1 Å². The van der Waals surface area contributed by atoms with E-state index in [-0.39, 0.29) is 78.4 Å². The summed E-state index contributed by atoms with van der Waals surface area (Å²) >= 11 is 0. The summed E-state index contributed by atoms with van der Waals surface area (Å²) in [6.45, 7) is -0.00943. The zero-order valence-electron chi connectivity index (χ0n) is 27.7. The van der Waals surface area contributed by atoms with E-state index in [1.807, 2.05) is 42.5 Å². The average Bonchev–Trinajstić information content (AvgIpc) is 3.37. The Labute approximate surface area is 289 Å². The van der Waals surface area contributed by atoms with Crippen LogP contribution in [0.1, 0.15) is 48.3 Å². The molecule has 1 saturated carbocycles. The van der Waals surface area contributed by atoms with E-state index in [1.54, 1.807) is 36.4 Å². The number of carboxylic acid groups (broad SMARTS) is 1. The minimum atomic E-state index is -1.45. The molecule has 6 atom stereocenters. The molecule has 7 rings (SSSR count). The number of benzene rings is 3. The van der Waals surface area contributed by atoms with Gasteiger partial charge in [-0.1, -0.05) is 72.3 Å². The number of nitrogens with zero attached hydrogens (tertiary/aromatic N) is 1. The molecule has 1 heterocycles. The van der Waals surface area contributed by atoms with Crippen LogP contribution in [0, 0.1) is 23.7 Å². The SMILES string of the molecule is COc1cc(C2C3=CCC4C(=O)N(CCCC(=O)O)C(=O)C4C3CC3C(=O)C(c4ccccc4)=CC(=O)C32c2ccccc2)cc(OC)c1O. The van der Waals surface area contributed by atoms with Crippen molar-refractivity contribution in [2.24, 2.45) is 23.7 Å². The van der Waals surface area contributed by atoms with Crippen molar-refractivity contribution in [3.8, 4) is 17.2 Å². The Morgan fingerprint density at radius 1 is 0.900 bits per heavy atom. The van der Waals surface area contributed by atoms with Crippen LogP contribution in [0.25, 0.3) is 5.57 Å². The van der Waals surface area contributed by atoms with E-state index in [9.17, 15) is 29.4 Å². The van der Waals surface area contributed by atoms with Crippen molar-refractivity contribution in [1.82, 2.24) is 4.90 Å². The average molecular weight is 676 g/mol. The van der Waals surface area contributed by atoms with Gasteiger partial charge in [-0.15, -0.1) is 0 Å². The van der Waals surface area contributed by atoms with Crippen LogP contribution in [-0.2, 0) is 29.4 Å². The van der Waals surface area contributed by atoms with Crippen molar-refractivity contribution in [3.05, 3.63) is 107 Å². The van der Waals surface area contributed by atoms with E-state index >= 15 is 4.79 Å². The minimum Gasteiger partial charge on any atom is -0.502 e. The van der Waals surface area contributed by atoms with Crippen LogP contribution in [0.4, 0.5) is 0 Å². The lowest BCUT2D eigenvalue weighted by Gasteiger charge is -2.55. The molecule has 0 spiro atoms. The van der Waals surface area contributed by atoms with Gasteiger partial charge in [0.2, 0.25) is 17.6 Å². The summed E-state index contributed by atoms with van der Waals surface area (Å²) in [5.41, 5.74) is 1.38. The number of phenols is 1. The second-order valence-corrected chi connectivity index (χ2v) is 13.4. The van der Waals surface area contributed by atoms with E-state index in [0.717, 1.165) is 5.57 Å². The number of carbonyl (C=O) groups is 5. The maximum absolute atomic E-state index is 15.1. The van der Waals surface area contributed by atoms with Gasteiger partial charge in [-0.25, -0.2) is 0 Å². The Hall–Kier alpha value is -5.51. The molecule has 10 heteroatoms. The number of carboxylic acids is 1. The number of ether oxygens (including phenoxy) is 2. The maximum Gasteiger partial charge on any atom is 0.303 e. The topological polar surface area (TPSA) is 148 Å². The van der Waals surface area contributed by atoms with Crippen molar-refractivity contribution in [1.29, 1.82) is 0 Å². The van der Waals surface area contributed by atoms with Crippen LogP contribution in [-0.4, -0.2) is 65.2 Å². The first-order valence-corrected chi connectivity index (χ1v) is 16.8. The first kappa shape index (κ1) is 33.0. The third-order valence-corrected chi connectivity index (χ3v) is 11.1. The molecule has 2 amide bonds. The number of amides is 2. The van der Waals surface area contributed by atoms with Crippen LogP contribution in [0.5, 0.6) is 17.2 Å². The number of fused-ring (bicyclic) bond motifs is 4. The molecule has 1 saturated heterocycles. The normalized spacial score (nSPS) is 27.2. The summed E-state index contributed by atoms with van der Waals surface area (Å²) in [5.74, 6) is -6.05. The highest BCUT2D eigenvalue weighted by Gasteiger charge is 2.66. The smallest absolute Gasteiger partial charge is 0.303 e. The quantitative estimate of drug-likeness (QED) is 0.234. The standard InChI is InChI=1S/C40H37NO9/c1-49-30-18-23(19-31(50-2)37(30)46)35-25-15-16-26-34(39(48)41(38(26)47)17-9-14-33(43)44)28(25)20-29-36(45)27(22-10-5-3-6-11-22)21-32(42)40(29,35)24-12-7-4-8-13-24/h3-8,10-13,15,18-19,21,26,28-29,34-35,46H,9,14,16-17,20H2,1-2H3,(H,43,44). The number of aliphatic carboxylic acids is 1. The fraction of sp³-hybridized carbons (Fsp3) is 0.325. The van der Waals surface area contributed by atoms with Gasteiger partial charge in [0.25, 0.3) is 0 Å². The van der Waals surface area contributed by atoms with Gasteiger partial charge < -0.3 is 19.7 Å². The number of ketones is 2. The molecule has 0 aromatic heterocycles. The highest BCUT2D eigenvalue weighted by molar-refractivity contribution is 6.31. The number of aromatic hydroxyl groups is 1. The number of imide groups is 1. The van der Waals surface area contributed by atoms with Crippen molar-refractivity contribution in [3.63, 3.8) is 0 Å². The number of hydrogen-bond acceptors (Lipinski definition) is 8. The number of methoxy groups -OCH3 is 2. The Morgan fingerprint density at radius 2 is 1.54 bits per heavy atom. The third-order valence-electron chi connectivity index (χ3n) is 11.1. The third kappa shape index (κ3) is 4.96. The van der Waals surface area contributed by atoms with Crippen LogP contribution in [0.15, 0.2) is 90.5 Å². The van der Waals surface area contributed by atoms with Crippen LogP contribution in [0.2, 0.25) is 0 Å². The first-order valence-electron chi connectivity index (χ1n) is 16.8. The predicted molar refractivity (Wildman–Crippen MR) is 181 cm³/mol. The number of hydrogen-bond donors (Lipinski definition) is 2. The summed E-state index contributed by atoms with van der Waals surface area (Å²) in [7, 11) is 2.82. The van der Waals surface area contributed by atoms with Crippen LogP contribution >= 0.6 is 0 Å². The Kier molecular flexibility index (Phi) is 8.41. The Morgan fingerprint density at radius 3 is 2.16 bits per heavy atom. The molecule has 50 heavy (non-hydrogen) atoms. The molecular formula is C40H37NO9. The molecule has 3 aliphatic carbocycles. The Bertz CT molecular complexity index is 1940. The number of Topliss-reactive ketones (excluding diaryl/α,β-unsaturated/α-hetero) is 1. The van der Waals surface area contributed by atoms with Gasteiger partial charge in [-0.05, 0) is 60.1 Å². The largest absolute Gasteiger partial charge is 0.502 e. The number of allylic oxidation sites excluding steroid dienone is 4. The highest BCUT2D eigenvalue weighted by atomic mass is 16.5. The summed E-state index contributed by atoms with van der Waals surface area (Å²) < 4.78 is 11.1. The molecule has 2 N–H and O–H groups in total. The van der Waals surface area contributed by atoms with Crippen molar-refractivity contribution >= 4 is 34.9 Å². The zero-order valence-corrected chi connectivity index (χ0v) is 27.7. The molecule has 6 unspecified atom stereocenters. The van der Waals surface area contributed by atoms with E-state index < -0.39 is 41.0 Å². The van der Waals surface area contributed by atoms with Gasteiger partial charge in [0, 0.05) is 30.4 Å². The second-order valence-electron chi connectivity index (χ2n) is 13.4. The van der Waals surface area contributed by atoms with Gasteiger partial charge in [0.1, 0.15) is 0 Å². The molecule has 3 aromatic carbocycles. The molecule has 0 bridgehead atoms. The fourth-order valence-corrected chi connectivity index (χ4v) is 9.00. The number of carbonyl (C=O) groups excluding carboxylic acids is 4. The summed E-state index contributed by atoms with van der Waals surface area (Å²) in [5, 5.41) is 20.1. The van der Waals surface area contributed by atoms with E-state index in [0.29, 0.717) is 16.7 Å². The van der Waals surface area contributed by atoms with Gasteiger partial charge in [-0.2, -0.15) is 0 Å². The summed E-state index contributed by atoms with van der Waals surface area (Å²) in [4.78, 5) is 70.5. The predicted octanol–water partition coefficient (Wildman–Crippen LogP) is 5.10. The lowest BCUT2D eigenvalue weighted by Crippen LogP contribution is -2.58. The summed E-state index contributed by atoms with van der Waals surface area (Å²) in [6, 6.07) is 21.5. The molecule has 0 radical (unpaired) electrons. The van der Waals surface area contributed by atoms with Gasteiger partial charge in [0.05, 0.1) is 31.5 Å².